The van der Waals surface area contributed by atoms with Gasteiger partial charge in [-0.15, -0.1) is 15.3 Å². The number of nitrogens with zero attached hydrogens (tertiary/aromatic N) is 7. The van der Waals surface area contributed by atoms with Crippen LogP contribution in [0.5, 0.6) is 0 Å². The molecule has 0 bridgehead atoms. The number of amides is 1. The van der Waals surface area contributed by atoms with E-state index in [0.29, 0.717) is 11.9 Å². The van der Waals surface area contributed by atoms with Crippen LogP contribution in [0.2, 0.25) is 0 Å². The van der Waals surface area contributed by atoms with E-state index in [1.54, 1.807) is 4.68 Å². The van der Waals surface area contributed by atoms with E-state index in [2.05, 4.69) is 42.7 Å². The number of carbonyl (C=O) groups is 1. The van der Waals surface area contributed by atoms with Crippen LogP contribution in [0.25, 0.3) is 22.2 Å². The molecule has 168 valence electrons. The molecule has 2 saturated heterocycles. The highest BCUT2D eigenvalue weighted by Gasteiger charge is 2.30. The lowest BCUT2D eigenvalue weighted by Gasteiger charge is -2.40. The molecule has 2 fully saturated rings. The van der Waals surface area contributed by atoms with Gasteiger partial charge in [-0.05, 0) is 77.1 Å². The minimum atomic E-state index is 0.0286. The molecule has 2 aliphatic rings. The highest BCUT2D eigenvalue weighted by atomic mass is 16.2. The van der Waals surface area contributed by atoms with Gasteiger partial charge in [0, 0.05) is 30.0 Å². The molecule has 0 aliphatic carbocycles. The highest BCUT2D eigenvalue weighted by molar-refractivity contribution is 5.94. The van der Waals surface area contributed by atoms with E-state index >= 15 is 0 Å². The van der Waals surface area contributed by atoms with Crippen LogP contribution in [-0.2, 0) is 11.8 Å². The number of hydrogen-bond donors (Lipinski definition) is 1. The molecule has 9 nitrogen and oxygen atoms in total. The lowest BCUT2D eigenvalue weighted by Crippen LogP contribution is -2.48. The zero-order valence-electron chi connectivity index (χ0n) is 18.7. The van der Waals surface area contributed by atoms with E-state index in [1.807, 2.05) is 37.5 Å². The van der Waals surface area contributed by atoms with Gasteiger partial charge in [0.2, 0.25) is 5.91 Å². The van der Waals surface area contributed by atoms with E-state index in [0.717, 1.165) is 48.1 Å². The highest BCUT2D eigenvalue weighted by Crippen LogP contribution is 2.26. The lowest BCUT2D eigenvalue weighted by molar-refractivity contribution is -0.121. The molecule has 4 heterocycles. The summed E-state index contributed by atoms with van der Waals surface area (Å²) >= 11 is 0. The van der Waals surface area contributed by atoms with Gasteiger partial charge in [0.15, 0.2) is 5.82 Å². The van der Waals surface area contributed by atoms with Crippen molar-refractivity contribution in [2.45, 2.75) is 31.7 Å². The van der Waals surface area contributed by atoms with E-state index in [4.69, 9.17) is 0 Å². The summed E-state index contributed by atoms with van der Waals surface area (Å²) in [5, 5.41) is 20.6. The summed E-state index contributed by atoms with van der Waals surface area (Å²) in [5.74, 6) is 0.573. The summed E-state index contributed by atoms with van der Waals surface area (Å²) in [6, 6.07) is 8.43. The molecular formula is C23H30N8O. The van der Waals surface area contributed by atoms with E-state index in [1.165, 1.54) is 25.9 Å². The van der Waals surface area contributed by atoms with Gasteiger partial charge in [-0.3, -0.25) is 9.48 Å². The smallest absolute Gasteiger partial charge is 0.228 e. The molecular weight excluding hydrogens is 404 g/mol. The number of anilines is 1. The average Bonchev–Trinajstić information content (AvgIpc) is 3.25. The van der Waals surface area contributed by atoms with Crippen molar-refractivity contribution in [2.75, 3.05) is 38.5 Å². The van der Waals surface area contributed by atoms with Crippen molar-refractivity contribution in [3.8, 4) is 11.3 Å². The van der Waals surface area contributed by atoms with E-state index in [-0.39, 0.29) is 11.8 Å². The summed E-state index contributed by atoms with van der Waals surface area (Å²) in [6.07, 6.45) is 6.13. The normalized spacial score (nSPS) is 19.4. The number of rotatable bonds is 4. The predicted molar refractivity (Wildman–Crippen MR) is 123 cm³/mol. The molecule has 1 N–H and O–H groups in total. The molecule has 3 aromatic rings. The van der Waals surface area contributed by atoms with Gasteiger partial charge in [0.25, 0.3) is 0 Å². The second-order valence-corrected chi connectivity index (χ2v) is 9.11. The van der Waals surface area contributed by atoms with Crippen LogP contribution in [0.3, 0.4) is 0 Å². The van der Waals surface area contributed by atoms with Crippen molar-refractivity contribution < 1.29 is 4.79 Å². The third-order valence-electron chi connectivity index (χ3n) is 6.84. The zero-order chi connectivity index (χ0) is 22.1. The Labute approximate surface area is 187 Å². The number of likely N-dealkylation sites (tertiary alicyclic amines) is 2. The van der Waals surface area contributed by atoms with Crippen LogP contribution in [0.15, 0.2) is 30.5 Å². The summed E-state index contributed by atoms with van der Waals surface area (Å²) in [4.78, 5) is 17.9. The minimum absolute atomic E-state index is 0.0286. The maximum Gasteiger partial charge on any atom is 0.228 e. The quantitative estimate of drug-likeness (QED) is 0.673. The van der Waals surface area contributed by atoms with Gasteiger partial charge < -0.3 is 15.1 Å². The number of benzene rings is 1. The minimum Gasteiger partial charge on any atom is -0.309 e. The molecule has 0 unspecified atom stereocenters. The van der Waals surface area contributed by atoms with Crippen molar-refractivity contribution >= 4 is 22.6 Å². The van der Waals surface area contributed by atoms with Crippen molar-refractivity contribution in [1.82, 2.24) is 35.0 Å². The van der Waals surface area contributed by atoms with Gasteiger partial charge in [0.1, 0.15) is 5.69 Å². The number of aryl methyl sites for hydroxylation is 1. The molecule has 0 spiro atoms. The molecule has 1 amide bonds. The number of piperidine rings is 2. The van der Waals surface area contributed by atoms with Crippen molar-refractivity contribution in [3.63, 3.8) is 0 Å². The Hall–Kier alpha value is -2.91. The third kappa shape index (κ3) is 4.49. The van der Waals surface area contributed by atoms with Gasteiger partial charge in [-0.2, -0.15) is 0 Å². The first kappa shape index (κ1) is 21.0. The van der Waals surface area contributed by atoms with Crippen LogP contribution in [0.1, 0.15) is 25.7 Å². The van der Waals surface area contributed by atoms with Crippen LogP contribution in [0.4, 0.5) is 5.82 Å². The number of hydrogen-bond acceptors (Lipinski definition) is 7. The first-order valence-corrected chi connectivity index (χ1v) is 11.4. The second-order valence-electron chi connectivity index (χ2n) is 9.11. The third-order valence-corrected chi connectivity index (χ3v) is 6.84. The standard InChI is InChI=1S/C23H30N8O/c1-29-9-7-19(8-10-29)31-11-5-16(6-12-31)23(32)24-22-14-18-13-17(3-4-20(18)25-27-22)21-15-30(2)28-26-21/h3-4,13-16,19H,5-12H2,1-2H3,(H,24,27,32). The molecule has 2 aliphatic heterocycles. The topological polar surface area (TPSA) is 92.1 Å². The fraction of sp³-hybridized carbons (Fsp3) is 0.522. The number of aromatic nitrogens is 5. The van der Waals surface area contributed by atoms with Crippen LogP contribution in [-0.4, -0.2) is 80.2 Å². The maximum absolute atomic E-state index is 12.9. The Balaban J connectivity index is 1.22. The first-order chi connectivity index (χ1) is 15.5. The first-order valence-electron chi connectivity index (χ1n) is 11.4. The molecule has 0 atom stereocenters. The Morgan fingerprint density at radius 1 is 0.969 bits per heavy atom. The SMILES string of the molecule is CN1CCC(N2CCC(C(=O)Nc3cc4cc(-c5cn(C)nn5)ccc4nn3)CC2)CC1. The van der Waals surface area contributed by atoms with Gasteiger partial charge >= 0.3 is 0 Å². The second kappa shape index (κ2) is 8.91. The summed E-state index contributed by atoms with van der Waals surface area (Å²) in [7, 11) is 4.04. The van der Waals surface area contributed by atoms with Crippen molar-refractivity contribution in [1.29, 1.82) is 0 Å². The molecule has 32 heavy (non-hydrogen) atoms. The van der Waals surface area contributed by atoms with Crippen molar-refractivity contribution in [3.05, 3.63) is 30.5 Å². The van der Waals surface area contributed by atoms with E-state index in [9.17, 15) is 4.79 Å². The number of carbonyl (C=O) groups excluding carboxylic acids is 1. The van der Waals surface area contributed by atoms with Crippen molar-refractivity contribution in [2.24, 2.45) is 13.0 Å². The van der Waals surface area contributed by atoms with Gasteiger partial charge in [-0.1, -0.05) is 11.3 Å². The number of nitrogens with one attached hydrogen (secondary N) is 1. The van der Waals surface area contributed by atoms with Crippen LogP contribution in [0, 0.1) is 5.92 Å². The molecule has 1 aromatic carbocycles. The molecule has 2 aromatic heterocycles. The zero-order valence-corrected chi connectivity index (χ0v) is 18.7. The van der Waals surface area contributed by atoms with Crippen LogP contribution < -0.4 is 5.32 Å². The molecule has 0 saturated carbocycles. The molecule has 5 rings (SSSR count). The van der Waals surface area contributed by atoms with E-state index < -0.39 is 0 Å². The van der Waals surface area contributed by atoms with Crippen LogP contribution >= 0.6 is 0 Å². The molecule has 9 heteroatoms. The Kier molecular flexibility index (Phi) is 5.84. The average molecular weight is 435 g/mol. The predicted octanol–water partition coefficient (Wildman–Crippen LogP) is 2.17. The molecule has 0 radical (unpaired) electrons. The van der Waals surface area contributed by atoms with Gasteiger partial charge in [-0.25, -0.2) is 0 Å². The Morgan fingerprint density at radius 3 is 2.47 bits per heavy atom. The fourth-order valence-electron chi connectivity index (χ4n) is 4.86. The Bertz CT molecular complexity index is 1100. The summed E-state index contributed by atoms with van der Waals surface area (Å²) in [5.41, 5.74) is 2.53. The maximum atomic E-state index is 12.9. The summed E-state index contributed by atoms with van der Waals surface area (Å²) in [6.45, 7) is 4.34. The fourth-order valence-corrected chi connectivity index (χ4v) is 4.86. The van der Waals surface area contributed by atoms with Gasteiger partial charge in [0.05, 0.1) is 11.7 Å². The Morgan fingerprint density at radius 2 is 1.75 bits per heavy atom. The monoisotopic (exact) mass is 434 g/mol. The summed E-state index contributed by atoms with van der Waals surface area (Å²) < 4.78 is 1.67. The lowest BCUT2D eigenvalue weighted by atomic mass is 9.93. The largest absolute Gasteiger partial charge is 0.309 e. The number of fused-ring (bicyclic) bond motifs is 1.